The van der Waals surface area contributed by atoms with Crippen molar-refractivity contribution in [3.63, 3.8) is 0 Å². The lowest BCUT2D eigenvalue weighted by molar-refractivity contribution is -0.137. The molecule has 2 aliphatic carbocycles. The fourth-order valence-electron chi connectivity index (χ4n) is 6.45. The molecule has 2 fully saturated rings. The van der Waals surface area contributed by atoms with Gasteiger partial charge in [0.25, 0.3) is 0 Å². The molecule has 0 saturated heterocycles. The van der Waals surface area contributed by atoms with Gasteiger partial charge in [0.15, 0.2) is 11.5 Å². The second-order valence-corrected chi connectivity index (χ2v) is 10.8. The van der Waals surface area contributed by atoms with Crippen LogP contribution < -0.4 is 5.32 Å². The number of amides is 1. The molecular weight excluding hydrogens is 422 g/mol. The van der Waals surface area contributed by atoms with Crippen molar-refractivity contribution in [2.75, 3.05) is 6.54 Å². The van der Waals surface area contributed by atoms with Crippen molar-refractivity contribution < 1.29 is 15.0 Å². The average molecular weight is 456 g/mol. The molecule has 2 bridgehead atoms. The lowest BCUT2D eigenvalue weighted by Crippen LogP contribution is -2.50. The quantitative estimate of drug-likeness (QED) is 0.469. The molecule has 172 valence electrons. The van der Waals surface area contributed by atoms with Gasteiger partial charge in [0.2, 0.25) is 5.91 Å². The van der Waals surface area contributed by atoms with E-state index in [0.29, 0.717) is 24.8 Å². The van der Waals surface area contributed by atoms with Crippen molar-refractivity contribution in [1.29, 1.82) is 0 Å². The van der Waals surface area contributed by atoms with Crippen molar-refractivity contribution in [2.24, 2.45) is 17.3 Å². The van der Waals surface area contributed by atoms with E-state index < -0.39 is 0 Å². The number of phenols is 2. The first-order valence-corrected chi connectivity index (χ1v) is 12.2. The molecule has 2 saturated carbocycles. The lowest BCUT2D eigenvalue weighted by Gasteiger charge is -2.52. The van der Waals surface area contributed by atoms with Crippen LogP contribution >= 0.6 is 11.6 Å². The molecule has 0 heterocycles. The number of carbonyl (C=O) groups excluding carboxylic acids is 1. The summed E-state index contributed by atoms with van der Waals surface area (Å²) in [6.07, 6.45) is 6.86. The maximum atomic E-state index is 13.3. The number of fused-ring (bicyclic) bond motifs is 2. The van der Waals surface area contributed by atoms with Gasteiger partial charge in [-0.05, 0) is 97.6 Å². The number of nitrogens with one attached hydrogen (secondary N) is 1. The van der Waals surface area contributed by atoms with Gasteiger partial charge in [-0.2, -0.15) is 0 Å². The van der Waals surface area contributed by atoms with E-state index in [1.54, 1.807) is 12.1 Å². The van der Waals surface area contributed by atoms with Crippen molar-refractivity contribution in [2.45, 2.75) is 64.2 Å². The minimum Gasteiger partial charge on any atom is -0.504 e. The first-order valence-electron chi connectivity index (χ1n) is 11.8. The van der Waals surface area contributed by atoms with Crippen LogP contribution in [0.1, 0.15) is 63.5 Å². The molecule has 1 amide bonds. The molecule has 2 atom stereocenters. The third-order valence-electron chi connectivity index (χ3n) is 7.94. The van der Waals surface area contributed by atoms with E-state index >= 15 is 0 Å². The van der Waals surface area contributed by atoms with Crippen LogP contribution in [-0.4, -0.2) is 22.7 Å². The first-order chi connectivity index (χ1) is 15.2. The molecule has 32 heavy (non-hydrogen) atoms. The van der Waals surface area contributed by atoms with E-state index in [1.807, 2.05) is 12.1 Å². The van der Waals surface area contributed by atoms with Crippen molar-refractivity contribution in [3.05, 3.63) is 58.6 Å². The zero-order chi connectivity index (χ0) is 22.9. The van der Waals surface area contributed by atoms with Crippen LogP contribution in [0.2, 0.25) is 5.02 Å². The number of aromatic hydroxyl groups is 2. The Labute approximate surface area is 196 Å². The van der Waals surface area contributed by atoms with Gasteiger partial charge < -0.3 is 15.5 Å². The van der Waals surface area contributed by atoms with Gasteiger partial charge in [0, 0.05) is 17.0 Å². The smallest absolute Gasteiger partial charge is 0.226 e. The van der Waals surface area contributed by atoms with Gasteiger partial charge in [0.1, 0.15) is 0 Å². The van der Waals surface area contributed by atoms with Crippen LogP contribution in [-0.2, 0) is 16.6 Å². The second-order valence-electron chi connectivity index (χ2n) is 10.3. The van der Waals surface area contributed by atoms with Crippen LogP contribution in [0.3, 0.4) is 0 Å². The van der Waals surface area contributed by atoms with Gasteiger partial charge in [-0.1, -0.05) is 43.6 Å². The molecule has 4 nitrogen and oxygen atoms in total. The van der Waals surface area contributed by atoms with Gasteiger partial charge in [-0.3, -0.25) is 4.79 Å². The molecule has 2 aliphatic rings. The Hall–Kier alpha value is -2.20. The predicted molar refractivity (Wildman–Crippen MR) is 128 cm³/mol. The highest BCUT2D eigenvalue weighted by Gasteiger charge is 2.50. The maximum absolute atomic E-state index is 13.3. The molecule has 0 spiro atoms. The largest absolute Gasteiger partial charge is 0.504 e. The zero-order valence-corrected chi connectivity index (χ0v) is 19.8. The molecule has 2 aromatic carbocycles. The summed E-state index contributed by atoms with van der Waals surface area (Å²) in [5.74, 6) is 1.04. The number of rotatable bonds is 6. The molecule has 5 heteroatoms. The molecule has 0 radical (unpaired) electrons. The van der Waals surface area contributed by atoms with Crippen LogP contribution in [0.4, 0.5) is 0 Å². The summed E-state index contributed by atoms with van der Waals surface area (Å²) in [6.45, 7) is 5.06. The van der Waals surface area contributed by atoms with Crippen LogP contribution in [0.5, 0.6) is 11.5 Å². The number of hydrogen-bond donors (Lipinski definition) is 3. The minimum absolute atomic E-state index is 0.123. The molecule has 4 rings (SSSR count). The fourth-order valence-corrected chi connectivity index (χ4v) is 6.58. The Bertz CT molecular complexity index is 957. The summed E-state index contributed by atoms with van der Waals surface area (Å²) >= 11 is 6.11. The van der Waals surface area contributed by atoms with Crippen LogP contribution in [0, 0.1) is 17.3 Å². The SMILES string of the molecule is CCC1(C(=O)NCCc2ccc(O)c(O)c2)CC2CC(C1)CC(C)(c1ccc(Cl)cc1)C2. The first kappa shape index (κ1) is 23.0. The highest BCUT2D eigenvalue weighted by Crippen LogP contribution is 2.56. The topological polar surface area (TPSA) is 69.6 Å². The highest BCUT2D eigenvalue weighted by molar-refractivity contribution is 6.30. The number of hydrogen-bond acceptors (Lipinski definition) is 3. The van der Waals surface area contributed by atoms with Crippen molar-refractivity contribution in [3.8, 4) is 11.5 Å². The number of carbonyl (C=O) groups is 1. The van der Waals surface area contributed by atoms with E-state index in [-0.39, 0.29) is 28.2 Å². The predicted octanol–water partition coefficient (Wildman–Crippen LogP) is 5.97. The summed E-state index contributed by atoms with van der Waals surface area (Å²) in [6, 6.07) is 13.1. The van der Waals surface area contributed by atoms with Crippen molar-refractivity contribution >= 4 is 17.5 Å². The fraction of sp³-hybridized carbons (Fsp3) is 0.519. The molecular formula is C27H34ClNO3. The Kier molecular flexibility index (Phi) is 6.44. The average Bonchev–Trinajstić information content (AvgIpc) is 2.75. The standard InChI is InChI=1S/C27H34ClNO3/c1-3-27(25(32)29-11-10-18-4-9-23(30)24(31)13-18)16-19-12-20(17-27)15-26(2,14-19)21-5-7-22(28)8-6-21/h4-9,13,19-20,30-31H,3,10-12,14-17H2,1-2H3,(H,29,32). The molecule has 3 N–H and O–H groups in total. The van der Waals surface area contributed by atoms with E-state index in [1.165, 1.54) is 18.1 Å². The summed E-state index contributed by atoms with van der Waals surface area (Å²) < 4.78 is 0. The van der Waals surface area contributed by atoms with Crippen LogP contribution in [0.15, 0.2) is 42.5 Å². The monoisotopic (exact) mass is 455 g/mol. The van der Waals surface area contributed by atoms with Gasteiger partial charge >= 0.3 is 0 Å². The van der Waals surface area contributed by atoms with E-state index in [0.717, 1.165) is 42.7 Å². The summed E-state index contributed by atoms with van der Waals surface area (Å²) in [4.78, 5) is 13.3. The Morgan fingerprint density at radius 3 is 2.28 bits per heavy atom. The molecule has 2 aromatic rings. The van der Waals surface area contributed by atoms with E-state index in [9.17, 15) is 15.0 Å². The third-order valence-corrected chi connectivity index (χ3v) is 8.19. The van der Waals surface area contributed by atoms with Crippen LogP contribution in [0.25, 0.3) is 0 Å². The Morgan fingerprint density at radius 1 is 1.03 bits per heavy atom. The third kappa shape index (κ3) is 4.61. The van der Waals surface area contributed by atoms with Crippen molar-refractivity contribution in [1.82, 2.24) is 5.32 Å². The highest BCUT2D eigenvalue weighted by atomic mass is 35.5. The zero-order valence-electron chi connectivity index (χ0n) is 19.0. The normalized spacial score (nSPS) is 29.5. The summed E-state index contributed by atoms with van der Waals surface area (Å²) in [7, 11) is 0. The second kappa shape index (κ2) is 8.97. The number of benzene rings is 2. The Balaban J connectivity index is 1.40. The van der Waals surface area contributed by atoms with E-state index in [2.05, 4.69) is 31.3 Å². The Morgan fingerprint density at radius 2 is 1.69 bits per heavy atom. The van der Waals surface area contributed by atoms with Gasteiger partial charge in [-0.25, -0.2) is 0 Å². The maximum Gasteiger partial charge on any atom is 0.226 e. The summed E-state index contributed by atoms with van der Waals surface area (Å²) in [5.41, 5.74) is 2.12. The number of halogens is 1. The lowest BCUT2D eigenvalue weighted by atomic mass is 9.53. The van der Waals surface area contributed by atoms with Gasteiger partial charge in [-0.15, -0.1) is 0 Å². The number of phenolic OH excluding ortho intramolecular Hbond substituents is 2. The molecule has 2 unspecified atom stereocenters. The molecule has 0 aromatic heterocycles. The molecule has 0 aliphatic heterocycles. The van der Waals surface area contributed by atoms with E-state index in [4.69, 9.17) is 11.6 Å². The minimum atomic E-state index is -0.286. The van der Waals surface area contributed by atoms with Gasteiger partial charge in [0.05, 0.1) is 0 Å². The summed E-state index contributed by atoms with van der Waals surface area (Å²) in [5, 5.41) is 23.1.